The van der Waals surface area contributed by atoms with Crippen molar-refractivity contribution >= 4 is 23.9 Å². The highest BCUT2D eigenvalue weighted by atomic mass is 28.4. The van der Waals surface area contributed by atoms with Crippen LogP contribution in [0.15, 0.2) is 176 Å². The summed E-state index contributed by atoms with van der Waals surface area (Å²) in [4.78, 5) is 0. The summed E-state index contributed by atoms with van der Waals surface area (Å²) in [6.07, 6.45) is 4.97. The van der Waals surface area contributed by atoms with Gasteiger partial charge in [-0.2, -0.15) is 0 Å². The Bertz CT molecular complexity index is 1390. The lowest BCUT2D eigenvalue weighted by molar-refractivity contribution is 0.413. The summed E-state index contributed by atoms with van der Waals surface area (Å²) in [6, 6.07) is 54.0. The van der Waals surface area contributed by atoms with Crippen molar-refractivity contribution in [2.24, 2.45) is 5.92 Å². The lowest BCUT2D eigenvalue weighted by Crippen LogP contribution is -2.69. The molecule has 0 aliphatic heterocycles. The molecule has 204 valence electrons. The highest BCUT2D eigenvalue weighted by Gasteiger charge is 2.44. The third-order valence-electron chi connectivity index (χ3n) is 7.40. The Kier molecular flexibility index (Phi) is 9.46. The first-order valence-corrected chi connectivity index (χ1v) is 16.3. The fourth-order valence-corrected chi connectivity index (χ4v) is 9.48. The Morgan fingerprint density at radius 2 is 0.927 bits per heavy atom. The molecule has 0 bridgehead atoms. The molecule has 1 nitrogen and oxygen atoms in total. The van der Waals surface area contributed by atoms with E-state index < -0.39 is 8.32 Å². The highest BCUT2D eigenvalue weighted by molar-refractivity contribution is 7.07. The van der Waals surface area contributed by atoms with Crippen LogP contribution in [0.1, 0.15) is 24.5 Å². The van der Waals surface area contributed by atoms with Crippen LogP contribution in [0.3, 0.4) is 0 Å². The van der Waals surface area contributed by atoms with Crippen molar-refractivity contribution in [1.29, 1.82) is 0 Å². The van der Waals surface area contributed by atoms with E-state index in [1.807, 2.05) is 0 Å². The maximum absolute atomic E-state index is 7.55. The maximum Gasteiger partial charge on any atom is 0.346 e. The molecule has 0 saturated carbocycles. The summed E-state index contributed by atoms with van der Waals surface area (Å²) in [6.45, 7) is 6.41. The Balaban J connectivity index is 1.66. The lowest BCUT2D eigenvalue weighted by Gasteiger charge is -2.35. The van der Waals surface area contributed by atoms with Crippen LogP contribution in [-0.4, -0.2) is 8.32 Å². The maximum atomic E-state index is 7.55. The quantitative estimate of drug-likeness (QED) is 0.0672. The highest BCUT2D eigenvalue weighted by Crippen LogP contribution is 2.24. The summed E-state index contributed by atoms with van der Waals surface area (Å²) in [5.41, 5.74) is 3.75. The van der Waals surface area contributed by atoms with Gasteiger partial charge in [0, 0.05) is 6.42 Å². The van der Waals surface area contributed by atoms with Crippen molar-refractivity contribution in [3.05, 3.63) is 187 Å². The van der Waals surface area contributed by atoms with Gasteiger partial charge in [-0.15, -0.1) is 0 Å². The van der Waals surface area contributed by atoms with Crippen molar-refractivity contribution in [3.8, 4) is 0 Å². The third-order valence-corrected chi connectivity index (χ3v) is 11.4. The van der Waals surface area contributed by atoms with E-state index in [2.05, 4.69) is 171 Å². The number of rotatable bonds is 12. The van der Waals surface area contributed by atoms with Crippen molar-refractivity contribution in [2.75, 3.05) is 0 Å². The third kappa shape index (κ3) is 7.22. The van der Waals surface area contributed by atoms with Gasteiger partial charge in [0.1, 0.15) is 0 Å². The predicted octanol–water partition coefficient (Wildman–Crippen LogP) is 7.62. The van der Waals surface area contributed by atoms with Gasteiger partial charge in [0.15, 0.2) is 0 Å². The molecular formula is C39H38OSi. The molecule has 0 amide bonds. The van der Waals surface area contributed by atoms with Gasteiger partial charge in [-0.3, -0.25) is 0 Å². The van der Waals surface area contributed by atoms with Crippen LogP contribution in [-0.2, 0) is 17.3 Å². The van der Waals surface area contributed by atoms with E-state index in [0.29, 0.717) is 6.42 Å². The average Bonchev–Trinajstić information content (AvgIpc) is 3.02. The molecule has 5 rings (SSSR count). The van der Waals surface area contributed by atoms with E-state index in [-0.39, 0.29) is 5.92 Å². The van der Waals surface area contributed by atoms with Gasteiger partial charge in [0.25, 0.3) is 0 Å². The second kappa shape index (κ2) is 13.8. The van der Waals surface area contributed by atoms with Crippen molar-refractivity contribution in [1.82, 2.24) is 0 Å². The zero-order valence-corrected chi connectivity index (χ0v) is 24.8. The standard InChI is InChI=1S/C39H38OSi/c1-32(2)28-36(31-35(29-33-18-8-3-9-19-33)30-34-20-10-4-11-21-34)40-41(37-22-12-5-13-23-37,38-24-14-6-15-25-38)39-26-16-7-17-27-39/h3-27,31,35H,1,28-30H2,2H3/b36-31-. The predicted molar refractivity (Wildman–Crippen MR) is 176 cm³/mol. The summed E-state index contributed by atoms with van der Waals surface area (Å²) < 4.78 is 7.55. The molecule has 5 aromatic rings. The van der Waals surface area contributed by atoms with Gasteiger partial charge in [-0.05, 0) is 58.4 Å². The first-order chi connectivity index (χ1) is 20.1. The number of benzene rings is 5. The van der Waals surface area contributed by atoms with Crippen LogP contribution in [0.5, 0.6) is 0 Å². The second-order valence-corrected chi connectivity index (χ2v) is 14.1. The molecule has 0 aliphatic carbocycles. The normalized spacial score (nSPS) is 11.8. The topological polar surface area (TPSA) is 9.23 Å². The second-order valence-electron chi connectivity index (χ2n) is 10.8. The number of hydrogen-bond acceptors (Lipinski definition) is 1. The van der Waals surface area contributed by atoms with Gasteiger partial charge in [-0.1, -0.05) is 164 Å². The molecule has 2 heteroatoms. The molecule has 0 unspecified atom stereocenters. The molecule has 0 N–H and O–H groups in total. The minimum atomic E-state index is -2.91. The molecule has 0 heterocycles. The summed E-state index contributed by atoms with van der Waals surface area (Å²) in [5.74, 6) is 1.26. The van der Waals surface area contributed by atoms with E-state index in [9.17, 15) is 0 Å². The van der Waals surface area contributed by atoms with E-state index in [4.69, 9.17) is 4.43 Å². The Morgan fingerprint density at radius 3 is 1.27 bits per heavy atom. The van der Waals surface area contributed by atoms with Crippen LogP contribution < -0.4 is 15.6 Å². The van der Waals surface area contributed by atoms with Crippen molar-refractivity contribution in [3.63, 3.8) is 0 Å². The van der Waals surface area contributed by atoms with Gasteiger partial charge < -0.3 is 4.43 Å². The lowest BCUT2D eigenvalue weighted by atomic mass is 9.91. The molecule has 0 atom stereocenters. The fraction of sp³-hybridized carbons (Fsp3) is 0.128. The van der Waals surface area contributed by atoms with Crippen LogP contribution in [0.2, 0.25) is 0 Å². The largest absolute Gasteiger partial charge is 0.534 e. The summed E-state index contributed by atoms with van der Waals surface area (Å²) in [5, 5.41) is 3.69. The molecule has 0 aliphatic rings. The molecule has 0 saturated heterocycles. The van der Waals surface area contributed by atoms with Gasteiger partial charge in [-0.25, -0.2) is 0 Å². The molecule has 0 spiro atoms. The van der Waals surface area contributed by atoms with Crippen LogP contribution in [0, 0.1) is 5.92 Å². The van der Waals surface area contributed by atoms with Crippen LogP contribution in [0.25, 0.3) is 0 Å². The molecule has 0 aromatic heterocycles. The Morgan fingerprint density at radius 1 is 0.585 bits per heavy atom. The van der Waals surface area contributed by atoms with Gasteiger partial charge >= 0.3 is 8.32 Å². The molecule has 0 fully saturated rings. The van der Waals surface area contributed by atoms with E-state index >= 15 is 0 Å². The zero-order valence-electron chi connectivity index (χ0n) is 23.8. The Labute approximate surface area is 246 Å². The Hall–Kier alpha value is -4.40. The van der Waals surface area contributed by atoms with E-state index in [1.54, 1.807) is 0 Å². The SMILES string of the molecule is C=C(C)C/C(=C/C(Cc1ccccc1)Cc1ccccc1)O[Si](c1ccccc1)(c1ccccc1)c1ccccc1. The minimum absolute atomic E-state index is 0.267. The molecule has 5 aromatic carbocycles. The first-order valence-electron chi connectivity index (χ1n) is 14.4. The smallest absolute Gasteiger partial charge is 0.346 e. The number of hydrogen-bond donors (Lipinski definition) is 0. The first kappa shape index (κ1) is 28.1. The van der Waals surface area contributed by atoms with Crippen molar-refractivity contribution in [2.45, 2.75) is 26.2 Å². The molecule has 0 radical (unpaired) electrons. The summed E-state index contributed by atoms with van der Waals surface area (Å²) in [7, 11) is -2.91. The van der Waals surface area contributed by atoms with Crippen molar-refractivity contribution < 1.29 is 4.43 Å². The average molecular weight is 551 g/mol. The van der Waals surface area contributed by atoms with E-state index in [1.165, 1.54) is 26.7 Å². The van der Waals surface area contributed by atoms with E-state index in [0.717, 1.165) is 24.2 Å². The van der Waals surface area contributed by atoms with Gasteiger partial charge in [0.2, 0.25) is 0 Å². The van der Waals surface area contributed by atoms with Gasteiger partial charge in [0.05, 0.1) is 5.76 Å². The number of allylic oxidation sites excluding steroid dienone is 2. The molecular weight excluding hydrogens is 513 g/mol. The minimum Gasteiger partial charge on any atom is -0.534 e. The monoisotopic (exact) mass is 550 g/mol. The van der Waals surface area contributed by atoms with Crippen LogP contribution >= 0.6 is 0 Å². The summed E-state index contributed by atoms with van der Waals surface area (Å²) >= 11 is 0. The molecule has 41 heavy (non-hydrogen) atoms. The zero-order chi connectivity index (χ0) is 28.3. The fourth-order valence-electron chi connectivity index (χ4n) is 5.61. The van der Waals surface area contributed by atoms with Crippen LogP contribution in [0.4, 0.5) is 0 Å².